The van der Waals surface area contributed by atoms with E-state index in [9.17, 15) is 4.79 Å². The molecule has 0 saturated heterocycles. The molecular formula is C25H21N7O3. The molecule has 0 aliphatic carbocycles. The van der Waals surface area contributed by atoms with E-state index in [1.165, 1.54) is 31.6 Å². The van der Waals surface area contributed by atoms with Crippen LogP contribution in [0.2, 0.25) is 0 Å². The van der Waals surface area contributed by atoms with Crippen LogP contribution in [0.25, 0.3) is 39.6 Å². The molecule has 0 bridgehead atoms. The van der Waals surface area contributed by atoms with Gasteiger partial charge in [-0.2, -0.15) is 0 Å². The van der Waals surface area contributed by atoms with Gasteiger partial charge in [-0.05, 0) is 35.9 Å². The maximum atomic E-state index is 11.2. The molecule has 0 saturated carbocycles. The number of nitrogens with zero attached hydrogens (tertiary/aromatic N) is 6. The van der Waals surface area contributed by atoms with Gasteiger partial charge in [0.15, 0.2) is 17.3 Å². The van der Waals surface area contributed by atoms with Crippen molar-refractivity contribution >= 4 is 23.0 Å². The van der Waals surface area contributed by atoms with Crippen LogP contribution in [0.5, 0.6) is 5.88 Å². The van der Waals surface area contributed by atoms with Gasteiger partial charge in [-0.3, -0.25) is 9.36 Å². The highest BCUT2D eigenvalue weighted by molar-refractivity contribution is 5.83. The van der Waals surface area contributed by atoms with Gasteiger partial charge in [0.2, 0.25) is 5.88 Å². The fourth-order valence-corrected chi connectivity index (χ4v) is 3.56. The minimum atomic E-state index is -2.59. The average Bonchev–Trinajstić information content (AvgIpc) is 3.26. The zero-order chi connectivity index (χ0) is 26.9. The van der Waals surface area contributed by atoms with E-state index < -0.39 is 7.04 Å². The lowest BCUT2D eigenvalue weighted by molar-refractivity contribution is -0.142. The summed E-state index contributed by atoms with van der Waals surface area (Å²) < 4.78 is 33.5. The first-order valence-corrected chi connectivity index (χ1v) is 10.5. The van der Waals surface area contributed by atoms with Gasteiger partial charge in [0, 0.05) is 42.8 Å². The van der Waals surface area contributed by atoms with Gasteiger partial charge in [0.1, 0.15) is 17.8 Å². The number of nitrogens with two attached hydrogens (primary N) is 1. The summed E-state index contributed by atoms with van der Waals surface area (Å²) in [5, 5.41) is 0. The largest absolute Gasteiger partial charge is 0.481 e. The first kappa shape index (κ1) is 18.6. The Morgan fingerprint density at radius 3 is 2.57 bits per heavy atom. The summed E-state index contributed by atoms with van der Waals surface area (Å²) in [6.45, 7) is 1.51. The maximum absolute atomic E-state index is 11.2. The summed E-state index contributed by atoms with van der Waals surface area (Å²) in [5.41, 5.74) is 10.4. The number of benzene rings is 1. The van der Waals surface area contributed by atoms with E-state index in [2.05, 4.69) is 15.0 Å². The minimum Gasteiger partial charge on any atom is -0.481 e. The summed E-state index contributed by atoms with van der Waals surface area (Å²) in [6.07, 6.45) is 4.52. The number of carbonyl (C=O) groups excluding carboxylic acids is 1. The number of hydrogen-bond donors (Lipinski definition) is 1. The molecule has 0 fully saturated rings. The number of anilines is 1. The van der Waals surface area contributed by atoms with Crippen LogP contribution in [-0.4, -0.2) is 42.5 Å². The van der Waals surface area contributed by atoms with Crippen molar-refractivity contribution in [3.05, 3.63) is 72.7 Å². The normalized spacial score (nSPS) is 12.5. The van der Waals surface area contributed by atoms with E-state index in [0.29, 0.717) is 33.9 Å². The lowest BCUT2D eigenvalue weighted by atomic mass is 10.2. The van der Waals surface area contributed by atoms with Gasteiger partial charge in [-0.15, -0.1) is 0 Å². The summed E-state index contributed by atoms with van der Waals surface area (Å²) >= 11 is 0. The topological polar surface area (TPSA) is 131 Å². The molecule has 0 atom stereocenters. The van der Waals surface area contributed by atoms with Gasteiger partial charge >= 0.3 is 5.97 Å². The van der Waals surface area contributed by atoms with E-state index in [-0.39, 0.29) is 24.3 Å². The van der Waals surface area contributed by atoms with Crippen LogP contribution < -0.4 is 10.5 Å². The third-order valence-corrected chi connectivity index (χ3v) is 5.22. The van der Waals surface area contributed by atoms with E-state index in [1.807, 2.05) is 34.9 Å². The Bertz CT molecular complexity index is 1620. The van der Waals surface area contributed by atoms with Crippen LogP contribution in [0, 0.1) is 0 Å². The molecule has 10 nitrogen and oxygen atoms in total. The summed E-state index contributed by atoms with van der Waals surface area (Å²) in [7, 11) is -2.59. The average molecular weight is 471 g/mol. The van der Waals surface area contributed by atoms with Crippen LogP contribution in [0.4, 0.5) is 5.82 Å². The summed E-state index contributed by atoms with van der Waals surface area (Å²) in [4.78, 5) is 33.4. The fourth-order valence-electron chi connectivity index (χ4n) is 3.56. The van der Waals surface area contributed by atoms with E-state index in [0.717, 1.165) is 11.3 Å². The Labute approximate surface area is 204 Å². The lowest BCUT2D eigenvalue weighted by Gasteiger charge is -2.11. The third kappa shape index (κ3) is 4.36. The monoisotopic (exact) mass is 470 g/mol. The van der Waals surface area contributed by atoms with E-state index in [1.54, 1.807) is 12.1 Å². The van der Waals surface area contributed by atoms with Gasteiger partial charge in [-0.1, -0.05) is 12.1 Å². The van der Waals surface area contributed by atoms with Crippen molar-refractivity contribution in [2.45, 2.75) is 13.5 Å². The molecule has 0 aliphatic heterocycles. The molecule has 0 spiro atoms. The Morgan fingerprint density at radius 1 is 1.03 bits per heavy atom. The zero-order valence-corrected chi connectivity index (χ0v) is 18.5. The number of nitrogen functional groups attached to an aromatic ring is 1. The Kier molecular flexibility index (Phi) is 4.87. The zero-order valence-electron chi connectivity index (χ0n) is 21.5. The van der Waals surface area contributed by atoms with Crippen molar-refractivity contribution in [2.75, 3.05) is 12.8 Å². The molecule has 0 radical (unpaired) electrons. The third-order valence-electron chi connectivity index (χ3n) is 5.22. The Morgan fingerprint density at radius 2 is 1.86 bits per heavy atom. The first-order valence-electron chi connectivity index (χ1n) is 12.0. The predicted molar refractivity (Wildman–Crippen MR) is 130 cm³/mol. The van der Waals surface area contributed by atoms with Gasteiger partial charge in [0.05, 0.1) is 16.8 Å². The molecule has 174 valence electrons. The number of rotatable bonds is 6. The van der Waals surface area contributed by atoms with E-state index in [4.69, 9.17) is 29.3 Å². The number of ether oxygens (including phenoxy) is 2. The van der Waals surface area contributed by atoms with Crippen molar-refractivity contribution in [3.8, 4) is 34.3 Å². The number of fused-ring (bicyclic) bond motifs is 1. The minimum absolute atomic E-state index is 0.0193. The number of hydrogen-bond acceptors (Lipinski definition) is 9. The van der Waals surface area contributed by atoms with Gasteiger partial charge in [0.25, 0.3) is 0 Å². The number of esters is 1. The van der Waals surface area contributed by atoms with Crippen LogP contribution >= 0.6 is 0 Å². The molecular weight excluding hydrogens is 446 g/mol. The molecule has 1 aromatic carbocycles. The molecule has 0 aliphatic rings. The second-order valence-corrected chi connectivity index (χ2v) is 7.53. The Hall–Kier alpha value is -4.86. The molecule has 5 aromatic rings. The highest BCUT2D eigenvalue weighted by Gasteiger charge is 2.20. The van der Waals surface area contributed by atoms with Crippen molar-refractivity contribution < 1.29 is 18.4 Å². The first-order chi connectivity index (χ1) is 18.2. The highest BCUT2D eigenvalue weighted by atomic mass is 16.5. The second-order valence-electron chi connectivity index (χ2n) is 7.53. The number of carbonyl (C=O) groups is 1. The molecule has 2 N–H and O–H groups in total. The van der Waals surface area contributed by atoms with Crippen molar-refractivity contribution in [3.63, 3.8) is 0 Å². The molecule has 10 heteroatoms. The van der Waals surface area contributed by atoms with Crippen LogP contribution in [0.15, 0.2) is 67.1 Å². The molecule has 5 rings (SSSR count). The smallest absolute Gasteiger partial charge is 0.302 e. The fraction of sp³-hybridized carbons (Fsp3) is 0.120. The lowest BCUT2D eigenvalue weighted by Crippen LogP contribution is -2.04. The predicted octanol–water partition coefficient (Wildman–Crippen LogP) is 3.59. The summed E-state index contributed by atoms with van der Waals surface area (Å²) in [6, 6.07) is 14.1. The van der Waals surface area contributed by atoms with Crippen LogP contribution in [-0.2, 0) is 16.1 Å². The van der Waals surface area contributed by atoms with Crippen molar-refractivity contribution in [1.82, 2.24) is 29.5 Å². The molecule has 0 unspecified atom stereocenters. The van der Waals surface area contributed by atoms with Crippen molar-refractivity contribution in [1.29, 1.82) is 0 Å². The SMILES string of the molecule is [2H]C([2H])([2H])Oc1ccc(-c2ccc3nc(-c4nccnc4N)n(-c4ccc(COC(C)=O)cc4)c3n2)cn1. The number of methoxy groups -OCH3 is 1. The summed E-state index contributed by atoms with van der Waals surface area (Å²) in [5.74, 6) is 0.278. The second kappa shape index (κ2) is 9.18. The molecule has 0 amide bonds. The quantitative estimate of drug-likeness (QED) is 0.370. The van der Waals surface area contributed by atoms with Crippen LogP contribution in [0.1, 0.15) is 16.6 Å². The van der Waals surface area contributed by atoms with E-state index >= 15 is 0 Å². The van der Waals surface area contributed by atoms with Crippen LogP contribution in [0.3, 0.4) is 0 Å². The van der Waals surface area contributed by atoms with Gasteiger partial charge < -0.3 is 15.2 Å². The number of imidazole rings is 1. The number of aromatic nitrogens is 6. The maximum Gasteiger partial charge on any atom is 0.302 e. The molecule has 4 aromatic heterocycles. The van der Waals surface area contributed by atoms with Gasteiger partial charge in [-0.25, -0.2) is 24.9 Å². The highest BCUT2D eigenvalue weighted by Crippen LogP contribution is 2.30. The van der Waals surface area contributed by atoms with Crippen molar-refractivity contribution in [2.24, 2.45) is 0 Å². The number of pyridine rings is 2. The Balaban J connectivity index is 1.61. The standard InChI is InChI=1S/C25H21N7O3/c1-15(33)35-14-16-3-6-18(7-4-16)32-24-20(31-25(32)22-23(26)28-12-11-27-22)9-8-19(30-24)17-5-10-21(34-2)29-13-17/h3-13H,14H2,1-2H3,(H2,26,28)/i2D3. The molecule has 35 heavy (non-hydrogen) atoms. The molecule has 4 heterocycles.